The van der Waals surface area contributed by atoms with Crippen LogP contribution in [-0.4, -0.2) is 43.2 Å². The number of carbonyl (C=O) groups is 1. The van der Waals surface area contributed by atoms with Gasteiger partial charge in [0.2, 0.25) is 0 Å². The predicted molar refractivity (Wildman–Crippen MR) is 134 cm³/mol. The van der Waals surface area contributed by atoms with Crippen LogP contribution >= 0.6 is 11.8 Å². The lowest BCUT2D eigenvalue weighted by Gasteiger charge is -2.18. The highest BCUT2D eigenvalue weighted by atomic mass is 32.2. The maximum absolute atomic E-state index is 12.0. The number of carbonyl (C=O) groups excluding carboxylic acids is 1. The molecule has 3 aromatic rings. The highest BCUT2D eigenvalue weighted by Gasteiger charge is 2.27. The molecule has 4 rings (SSSR count). The lowest BCUT2D eigenvalue weighted by atomic mass is 10.1. The smallest absolute Gasteiger partial charge is 0.298 e. The van der Waals surface area contributed by atoms with Crippen LogP contribution in [0.1, 0.15) is 50.6 Å². The van der Waals surface area contributed by atoms with Gasteiger partial charge in [0.05, 0.1) is 17.5 Å². The van der Waals surface area contributed by atoms with Crippen LogP contribution in [0.15, 0.2) is 47.9 Å². The van der Waals surface area contributed by atoms with Crippen LogP contribution < -0.4 is 10.1 Å². The molecule has 0 saturated heterocycles. The average Bonchev–Trinajstić information content (AvgIpc) is 3.54. The van der Waals surface area contributed by atoms with E-state index in [4.69, 9.17) is 9.47 Å². The van der Waals surface area contributed by atoms with Gasteiger partial charge in [-0.2, -0.15) is 0 Å². The zero-order valence-corrected chi connectivity index (χ0v) is 21.2. The van der Waals surface area contributed by atoms with E-state index in [9.17, 15) is 4.79 Å². The molecule has 9 heteroatoms. The summed E-state index contributed by atoms with van der Waals surface area (Å²) in [6.07, 6.45) is 5.95. The van der Waals surface area contributed by atoms with E-state index in [0.29, 0.717) is 16.8 Å². The summed E-state index contributed by atoms with van der Waals surface area (Å²) in [6.45, 7) is 8.08. The Balaban J connectivity index is 1.40. The van der Waals surface area contributed by atoms with Gasteiger partial charge in [0.15, 0.2) is 11.0 Å². The number of rotatable bonds is 8. The molecule has 1 N–H and O–H groups in total. The second-order valence-electron chi connectivity index (χ2n) is 9.18. The van der Waals surface area contributed by atoms with Crippen LogP contribution in [0.5, 0.6) is 5.75 Å². The van der Waals surface area contributed by atoms with Gasteiger partial charge in [-0.15, -0.1) is 10.2 Å². The molecule has 1 saturated carbocycles. The molecule has 1 aliphatic carbocycles. The summed E-state index contributed by atoms with van der Waals surface area (Å²) in [6, 6.07) is 9.46. The minimum Gasteiger partial charge on any atom is -0.486 e. The third kappa shape index (κ3) is 7.31. The molecule has 1 amide bonds. The summed E-state index contributed by atoms with van der Waals surface area (Å²) in [4.78, 5) is 16.2. The third-order valence-corrected chi connectivity index (χ3v) is 6.30. The van der Waals surface area contributed by atoms with Crippen molar-refractivity contribution in [2.24, 2.45) is 0 Å². The Morgan fingerprint density at radius 1 is 1.26 bits per heavy atom. The van der Waals surface area contributed by atoms with Crippen molar-refractivity contribution in [2.45, 2.75) is 63.2 Å². The zero-order valence-electron chi connectivity index (χ0n) is 20.4. The third-order valence-electron chi connectivity index (χ3n) is 5.02. The van der Waals surface area contributed by atoms with Crippen molar-refractivity contribution >= 4 is 17.7 Å². The van der Waals surface area contributed by atoms with E-state index in [2.05, 4.69) is 32.3 Å². The van der Waals surface area contributed by atoms with Crippen molar-refractivity contribution in [1.82, 2.24) is 25.1 Å². The van der Waals surface area contributed by atoms with Gasteiger partial charge in [0.1, 0.15) is 19.1 Å². The summed E-state index contributed by atoms with van der Waals surface area (Å²) in [5.41, 5.74) is 2.25. The van der Waals surface area contributed by atoms with E-state index in [-0.39, 0.29) is 24.8 Å². The first kappa shape index (κ1) is 24.8. The van der Waals surface area contributed by atoms with E-state index in [1.165, 1.54) is 12.8 Å². The average molecular weight is 492 g/mol. The Hall–Kier alpha value is -3.35. The van der Waals surface area contributed by atoms with Crippen LogP contribution in [-0.2, 0) is 16.1 Å². The number of amides is 1. The number of thioether (sulfide) groups is 1. The van der Waals surface area contributed by atoms with Gasteiger partial charge in [-0.1, -0.05) is 17.7 Å². The van der Waals surface area contributed by atoms with Gasteiger partial charge in [-0.3, -0.25) is 14.3 Å². The number of pyridine rings is 1. The Labute approximate surface area is 209 Å². The highest BCUT2D eigenvalue weighted by molar-refractivity contribution is 8.00. The lowest BCUT2D eigenvalue weighted by molar-refractivity contribution is -0.119. The van der Waals surface area contributed by atoms with Crippen LogP contribution in [0.25, 0.3) is 5.69 Å². The second kappa shape index (κ2) is 10.9. The molecule has 0 atom stereocenters. The maximum atomic E-state index is 12.0. The van der Waals surface area contributed by atoms with Crippen molar-refractivity contribution in [2.75, 3.05) is 6.73 Å². The Bertz CT molecular complexity index is 1240. The summed E-state index contributed by atoms with van der Waals surface area (Å²) in [5.74, 6) is 6.52. The molecule has 2 heterocycles. The molecule has 1 fully saturated rings. The van der Waals surface area contributed by atoms with Gasteiger partial charge in [-0.05, 0) is 76.4 Å². The number of nitrogens with zero attached hydrogens (tertiary/aromatic N) is 4. The number of benzene rings is 1. The van der Waals surface area contributed by atoms with Gasteiger partial charge in [0, 0.05) is 22.9 Å². The van der Waals surface area contributed by atoms with E-state index in [0.717, 1.165) is 22.0 Å². The second-order valence-corrected chi connectivity index (χ2v) is 10.5. The molecule has 0 aliphatic heterocycles. The number of aryl methyl sites for hydroxylation is 1. The van der Waals surface area contributed by atoms with E-state index in [1.54, 1.807) is 24.2 Å². The standard InChI is InChI=1S/C26H29N5O3S/c1-18-14-21(9-7-19(18)8-12-24(32)28-17-34-26(2,3)4)33-16-23-29-30-25(35-22-10-11-22)31(23)20-6-5-13-27-15-20/h5-7,9,13-15,22H,10-11,16-17H2,1-4H3,(H,28,32). The number of ether oxygens (including phenoxy) is 2. The van der Waals surface area contributed by atoms with Crippen LogP contribution in [0.4, 0.5) is 0 Å². The van der Waals surface area contributed by atoms with Gasteiger partial charge in [-0.25, -0.2) is 0 Å². The topological polar surface area (TPSA) is 91.2 Å². The van der Waals surface area contributed by atoms with Crippen LogP contribution in [0.2, 0.25) is 0 Å². The normalized spacial score (nSPS) is 13.1. The summed E-state index contributed by atoms with van der Waals surface area (Å²) in [5, 5.41) is 12.9. The Morgan fingerprint density at radius 3 is 2.77 bits per heavy atom. The maximum Gasteiger partial charge on any atom is 0.298 e. The Kier molecular flexibility index (Phi) is 7.73. The first-order chi connectivity index (χ1) is 16.8. The molecular weight excluding hydrogens is 462 g/mol. The van der Waals surface area contributed by atoms with E-state index in [1.807, 2.05) is 62.6 Å². The molecule has 0 radical (unpaired) electrons. The van der Waals surface area contributed by atoms with E-state index < -0.39 is 0 Å². The quantitative estimate of drug-likeness (QED) is 0.376. The molecule has 1 aliphatic rings. The molecule has 0 bridgehead atoms. The highest BCUT2D eigenvalue weighted by Crippen LogP contribution is 2.39. The number of aromatic nitrogens is 4. The van der Waals surface area contributed by atoms with E-state index >= 15 is 0 Å². The van der Waals surface area contributed by atoms with Gasteiger partial charge < -0.3 is 14.8 Å². The number of hydrogen-bond donors (Lipinski definition) is 1. The summed E-state index contributed by atoms with van der Waals surface area (Å²) >= 11 is 1.74. The molecule has 0 spiro atoms. The lowest BCUT2D eigenvalue weighted by Crippen LogP contribution is -2.30. The SMILES string of the molecule is Cc1cc(OCc2nnc(SC3CC3)n2-c2cccnc2)ccc1C#CC(=O)NCOC(C)(C)C. The fourth-order valence-electron chi connectivity index (χ4n) is 3.05. The first-order valence-electron chi connectivity index (χ1n) is 11.5. The minimum atomic E-state index is -0.386. The largest absolute Gasteiger partial charge is 0.486 e. The van der Waals surface area contributed by atoms with Crippen molar-refractivity contribution < 1.29 is 14.3 Å². The minimum absolute atomic E-state index is 0.118. The van der Waals surface area contributed by atoms with Crippen molar-refractivity contribution in [3.05, 3.63) is 59.7 Å². The molecule has 182 valence electrons. The van der Waals surface area contributed by atoms with Gasteiger partial charge >= 0.3 is 0 Å². The molecular formula is C26H29N5O3S. The van der Waals surface area contributed by atoms with Crippen molar-refractivity contribution in [3.63, 3.8) is 0 Å². The summed E-state index contributed by atoms with van der Waals surface area (Å²) in [7, 11) is 0. The number of hydrogen-bond acceptors (Lipinski definition) is 7. The Morgan fingerprint density at radius 2 is 2.09 bits per heavy atom. The first-order valence-corrected chi connectivity index (χ1v) is 12.3. The fraction of sp³-hybridized carbons (Fsp3) is 0.385. The molecule has 1 aromatic carbocycles. The summed E-state index contributed by atoms with van der Waals surface area (Å²) < 4.78 is 13.5. The van der Waals surface area contributed by atoms with Gasteiger partial charge in [0.25, 0.3) is 5.91 Å². The van der Waals surface area contributed by atoms with Crippen molar-refractivity contribution in [3.8, 4) is 23.3 Å². The van der Waals surface area contributed by atoms with Crippen LogP contribution in [0, 0.1) is 18.8 Å². The van der Waals surface area contributed by atoms with Crippen LogP contribution in [0.3, 0.4) is 0 Å². The molecule has 35 heavy (non-hydrogen) atoms. The number of nitrogens with one attached hydrogen (secondary N) is 1. The zero-order chi connectivity index (χ0) is 24.8. The predicted octanol–water partition coefficient (Wildman–Crippen LogP) is 4.04. The molecule has 2 aromatic heterocycles. The van der Waals surface area contributed by atoms with Crippen molar-refractivity contribution in [1.29, 1.82) is 0 Å². The monoisotopic (exact) mass is 491 g/mol. The molecule has 0 unspecified atom stereocenters. The fourth-order valence-corrected chi connectivity index (χ4v) is 4.13. The molecule has 8 nitrogen and oxygen atoms in total.